The van der Waals surface area contributed by atoms with Crippen LogP contribution in [-0.2, 0) is 15.3 Å². The van der Waals surface area contributed by atoms with Crippen LogP contribution in [-0.4, -0.2) is 41.4 Å². The summed E-state index contributed by atoms with van der Waals surface area (Å²) in [6.07, 6.45) is 1.38. The summed E-state index contributed by atoms with van der Waals surface area (Å²) in [6, 6.07) is 4.60. The SMILES string of the molecule is NC(=O)CCCCCC(C(N)=O)(n1c(O)ccc1O)n1c(O)ccc1O. The molecule has 2 amide bonds. The molecule has 26 heavy (non-hydrogen) atoms. The first kappa shape index (κ1) is 19.0. The summed E-state index contributed by atoms with van der Waals surface area (Å²) in [5.41, 5.74) is 8.68. The Bertz CT molecular complexity index is 725. The lowest BCUT2D eigenvalue weighted by Gasteiger charge is -2.35. The number of carbonyl (C=O) groups excluding carboxylic acids is 2. The van der Waals surface area contributed by atoms with Gasteiger partial charge in [0.25, 0.3) is 5.91 Å². The molecule has 0 aliphatic rings. The molecule has 0 radical (unpaired) electrons. The van der Waals surface area contributed by atoms with Gasteiger partial charge < -0.3 is 31.9 Å². The first-order valence-corrected chi connectivity index (χ1v) is 8.00. The average molecular weight is 366 g/mol. The fourth-order valence-electron chi connectivity index (χ4n) is 3.10. The Kier molecular flexibility index (Phi) is 5.34. The molecule has 8 N–H and O–H groups in total. The minimum atomic E-state index is -2.00. The summed E-state index contributed by atoms with van der Waals surface area (Å²) < 4.78 is 1.67. The van der Waals surface area contributed by atoms with E-state index in [0.29, 0.717) is 19.3 Å². The minimum Gasteiger partial charge on any atom is -0.494 e. The van der Waals surface area contributed by atoms with Gasteiger partial charge in [-0.25, -0.2) is 9.13 Å². The third kappa shape index (κ3) is 3.25. The highest BCUT2D eigenvalue weighted by Crippen LogP contribution is 2.41. The van der Waals surface area contributed by atoms with Gasteiger partial charge in [0.05, 0.1) is 0 Å². The molecule has 2 aromatic heterocycles. The fraction of sp³-hybridized carbons (Fsp3) is 0.375. The van der Waals surface area contributed by atoms with E-state index in [9.17, 15) is 30.0 Å². The smallest absolute Gasteiger partial charge is 0.265 e. The summed E-state index contributed by atoms with van der Waals surface area (Å²) >= 11 is 0. The van der Waals surface area contributed by atoms with Crippen LogP contribution < -0.4 is 11.5 Å². The number of rotatable bonds is 9. The van der Waals surface area contributed by atoms with Crippen molar-refractivity contribution in [3.63, 3.8) is 0 Å². The van der Waals surface area contributed by atoms with Gasteiger partial charge >= 0.3 is 0 Å². The highest BCUT2D eigenvalue weighted by molar-refractivity contribution is 5.84. The molecule has 0 unspecified atom stereocenters. The lowest BCUT2D eigenvalue weighted by atomic mass is 9.98. The molecule has 0 fully saturated rings. The molecule has 2 heterocycles. The van der Waals surface area contributed by atoms with Gasteiger partial charge in [-0.05, 0) is 19.3 Å². The van der Waals surface area contributed by atoms with Gasteiger partial charge in [0, 0.05) is 30.7 Å². The molecule has 10 heteroatoms. The molecule has 0 bridgehead atoms. The topological polar surface area (TPSA) is 177 Å². The third-order valence-electron chi connectivity index (χ3n) is 4.26. The van der Waals surface area contributed by atoms with Crippen molar-refractivity contribution in [2.45, 2.75) is 37.8 Å². The van der Waals surface area contributed by atoms with E-state index in [1.165, 1.54) is 0 Å². The van der Waals surface area contributed by atoms with Crippen LogP contribution in [0.2, 0.25) is 0 Å². The highest BCUT2D eigenvalue weighted by Gasteiger charge is 2.46. The number of nitrogens with zero attached hydrogens (tertiary/aromatic N) is 2. The maximum atomic E-state index is 12.5. The lowest BCUT2D eigenvalue weighted by Crippen LogP contribution is -2.51. The predicted molar refractivity (Wildman–Crippen MR) is 90.4 cm³/mol. The van der Waals surface area contributed by atoms with E-state index < -0.39 is 41.0 Å². The molecule has 2 rings (SSSR count). The minimum absolute atomic E-state index is 0.0767. The van der Waals surface area contributed by atoms with Gasteiger partial charge in [0.1, 0.15) is 0 Å². The number of nitrogens with two attached hydrogens (primary N) is 2. The van der Waals surface area contributed by atoms with Crippen LogP contribution in [0.5, 0.6) is 23.5 Å². The van der Waals surface area contributed by atoms with Gasteiger partial charge in [-0.2, -0.15) is 0 Å². The van der Waals surface area contributed by atoms with E-state index >= 15 is 0 Å². The molecule has 2 aromatic rings. The average Bonchev–Trinajstić information content (AvgIpc) is 3.06. The number of hydrogen-bond acceptors (Lipinski definition) is 6. The van der Waals surface area contributed by atoms with Crippen molar-refractivity contribution in [1.82, 2.24) is 9.13 Å². The summed E-state index contributed by atoms with van der Waals surface area (Å²) in [7, 11) is 0. The van der Waals surface area contributed by atoms with Crippen LogP contribution in [0, 0.1) is 0 Å². The van der Waals surface area contributed by atoms with E-state index in [1.54, 1.807) is 0 Å². The number of amides is 2. The third-order valence-corrected chi connectivity index (χ3v) is 4.26. The molecule has 0 aliphatic carbocycles. The molecule has 0 saturated heterocycles. The molecule has 10 nitrogen and oxygen atoms in total. The summed E-state index contributed by atoms with van der Waals surface area (Å²) in [6.45, 7) is 0. The molecule has 0 atom stereocenters. The maximum Gasteiger partial charge on any atom is 0.265 e. The Labute approximate surface area is 148 Å². The number of primary amides is 2. The van der Waals surface area contributed by atoms with E-state index in [-0.39, 0.29) is 12.8 Å². The van der Waals surface area contributed by atoms with Gasteiger partial charge in [-0.15, -0.1) is 0 Å². The molecule has 0 aliphatic heterocycles. The van der Waals surface area contributed by atoms with Crippen molar-refractivity contribution >= 4 is 11.8 Å². The number of aromatic nitrogens is 2. The Morgan fingerprint density at radius 2 is 1.23 bits per heavy atom. The van der Waals surface area contributed by atoms with Crippen LogP contribution >= 0.6 is 0 Å². The maximum absolute atomic E-state index is 12.5. The zero-order valence-electron chi connectivity index (χ0n) is 14.0. The Balaban J connectivity index is 2.50. The van der Waals surface area contributed by atoms with Crippen molar-refractivity contribution in [2.75, 3.05) is 0 Å². The second kappa shape index (κ2) is 7.30. The first-order valence-electron chi connectivity index (χ1n) is 8.00. The van der Waals surface area contributed by atoms with Crippen molar-refractivity contribution in [2.24, 2.45) is 11.5 Å². The molecule has 142 valence electrons. The molecule has 0 spiro atoms. The van der Waals surface area contributed by atoms with Gasteiger partial charge in [0.2, 0.25) is 11.6 Å². The zero-order chi connectivity index (χ0) is 19.5. The summed E-state index contributed by atoms with van der Waals surface area (Å²) in [5, 5.41) is 40.5. The van der Waals surface area contributed by atoms with E-state index in [4.69, 9.17) is 11.5 Å². The van der Waals surface area contributed by atoms with Gasteiger partial charge in [-0.3, -0.25) is 9.59 Å². The molecule has 0 saturated carbocycles. The number of unbranched alkanes of at least 4 members (excludes halogenated alkanes) is 2. The molecule has 0 aromatic carbocycles. The van der Waals surface area contributed by atoms with Gasteiger partial charge in [0.15, 0.2) is 23.5 Å². The van der Waals surface area contributed by atoms with Gasteiger partial charge in [-0.1, -0.05) is 6.42 Å². The summed E-state index contributed by atoms with van der Waals surface area (Å²) in [4.78, 5) is 23.3. The Morgan fingerprint density at radius 3 is 1.58 bits per heavy atom. The standard InChI is InChI=1S/C16H22N4O6/c17-10(21)4-2-1-3-9-16(15(18)26,19-11(22)5-6-12(19)23)20-13(24)7-8-14(20)25/h5-8,22-25H,1-4,9H2,(H2,17,21)(H2,18,26). The van der Waals surface area contributed by atoms with E-state index in [2.05, 4.69) is 0 Å². The largest absolute Gasteiger partial charge is 0.494 e. The second-order valence-electron chi connectivity index (χ2n) is 5.98. The number of aromatic hydroxyl groups is 4. The van der Waals surface area contributed by atoms with Crippen molar-refractivity contribution < 1.29 is 30.0 Å². The summed E-state index contributed by atoms with van der Waals surface area (Å²) in [5.74, 6) is -3.39. The normalized spacial score (nSPS) is 11.5. The second-order valence-corrected chi connectivity index (χ2v) is 5.98. The first-order chi connectivity index (χ1) is 12.2. The molecular formula is C16H22N4O6. The van der Waals surface area contributed by atoms with E-state index in [0.717, 1.165) is 33.4 Å². The number of carbonyl (C=O) groups is 2. The van der Waals surface area contributed by atoms with Crippen molar-refractivity contribution in [1.29, 1.82) is 0 Å². The van der Waals surface area contributed by atoms with Crippen LogP contribution in [0.3, 0.4) is 0 Å². The highest BCUT2D eigenvalue weighted by atomic mass is 16.3. The molecular weight excluding hydrogens is 344 g/mol. The monoisotopic (exact) mass is 366 g/mol. The van der Waals surface area contributed by atoms with Crippen LogP contribution in [0.25, 0.3) is 0 Å². The Hall–Kier alpha value is -3.30. The number of hydrogen-bond donors (Lipinski definition) is 6. The quantitative estimate of drug-likeness (QED) is 0.346. The van der Waals surface area contributed by atoms with Crippen LogP contribution in [0.15, 0.2) is 24.3 Å². The van der Waals surface area contributed by atoms with E-state index in [1.807, 2.05) is 0 Å². The predicted octanol–water partition coefficient (Wildman–Crippen LogP) is 0.234. The van der Waals surface area contributed by atoms with Crippen LogP contribution in [0.1, 0.15) is 32.1 Å². The Morgan fingerprint density at radius 1 is 0.808 bits per heavy atom. The zero-order valence-corrected chi connectivity index (χ0v) is 14.0. The fourth-order valence-corrected chi connectivity index (χ4v) is 3.10. The van der Waals surface area contributed by atoms with Crippen LogP contribution in [0.4, 0.5) is 0 Å². The van der Waals surface area contributed by atoms with Crippen molar-refractivity contribution in [3.8, 4) is 23.5 Å². The van der Waals surface area contributed by atoms with Crippen molar-refractivity contribution in [3.05, 3.63) is 24.3 Å². The lowest BCUT2D eigenvalue weighted by molar-refractivity contribution is -0.130.